The van der Waals surface area contributed by atoms with Gasteiger partial charge >= 0.3 is 0 Å². The van der Waals surface area contributed by atoms with Crippen molar-refractivity contribution >= 4 is 5.82 Å². The van der Waals surface area contributed by atoms with Crippen LogP contribution in [0.1, 0.15) is 25.1 Å². The molecule has 0 amide bonds. The highest BCUT2D eigenvalue weighted by Crippen LogP contribution is 2.14. The van der Waals surface area contributed by atoms with Gasteiger partial charge in [-0.1, -0.05) is 26.0 Å². The molecule has 0 bridgehead atoms. The summed E-state index contributed by atoms with van der Waals surface area (Å²) in [5.74, 6) is 1.75. The van der Waals surface area contributed by atoms with E-state index in [2.05, 4.69) is 31.2 Å². The third kappa shape index (κ3) is 3.74. The van der Waals surface area contributed by atoms with E-state index in [-0.39, 0.29) is 0 Å². The Balaban J connectivity index is 2.00. The number of nitrogens with one attached hydrogen (secondary N) is 1. The molecule has 19 heavy (non-hydrogen) atoms. The Hall–Kier alpha value is -1.97. The minimum atomic E-state index is 0.292. The van der Waals surface area contributed by atoms with Gasteiger partial charge in [-0.15, -0.1) is 0 Å². The van der Waals surface area contributed by atoms with Crippen LogP contribution in [0.25, 0.3) is 0 Å². The predicted molar refractivity (Wildman–Crippen MR) is 77.2 cm³/mol. The Morgan fingerprint density at radius 3 is 2.79 bits per heavy atom. The molecule has 0 radical (unpaired) electrons. The van der Waals surface area contributed by atoms with E-state index in [4.69, 9.17) is 0 Å². The Labute approximate surface area is 114 Å². The van der Waals surface area contributed by atoms with Crippen molar-refractivity contribution in [1.29, 1.82) is 0 Å². The van der Waals surface area contributed by atoms with Crippen molar-refractivity contribution in [3.8, 4) is 5.75 Å². The quantitative estimate of drug-likeness (QED) is 0.867. The third-order valence-electron chi connectivity index (χ3n) is 2.90. The molecule has 4 heteroatoms. The van der Waals surface area contributed by atoms with Crippen LogP contribution in [0.3, 0.4) is 0 Å². The summed E-state index contributed by atoms with van der Waals surface area (Å²) in [4.78, 5) is 0. The normalized spacial score (nSPS) is 10.9. The molecule has 2 N–H and O–H groups in total. The number of hydrogen-bond acceptors (Lipinski definition) is 3. The average molecular weight is 259 g/mol. The van der Waals surface area contributed by atoms with Crippen molar-refractivity contribution in [2.75, 3.05) is 5.32 Å². The fourth-order valence-electron chi connectivity index (χ4n) is 1.99. The van der Waals surface area contributed by atoms with E-state index in [9.17, 15) is 5.11 Å². The summed E-state index contributed by atoms with van der Waals surface area (Å²) < 4.78 is 2.02. The van der Waals surface area contributed by atoms with Crippen LogP contribution in [0, 0.1) is 12.8 Å². The molecule has 0 spiro atoms. The van der Waals surface area contributed by atoms with Gasteiger partial charge in [0.25, 0.3) is 0 Å². The molecular weight excluding hydrogens is 238 g/mol. The predicted octanol–water partition coefficient (Wildman–Crippen LogP) is 3.17. The number of aromatic hydroxyl groups is 1. The highest BCUT2D eigenvalue weighted by atomic mass is 16.3. The first-order valence-electron chi connectivity index (χ1n) is 6.61. The molecule has 0 atom stereocenters. The number of phenols is 1. The zero-order valence-corrected chi connectivity index (χ0v) is 11.7. The Bertz CT molecular complexity index is 546. The van der Waals surface area contributed by atoms with E-state index >= 15 is 0 Å². The van der Waals surface area contributed by atoms with E-state index in [0.717, 1.165) is 23.6 Å². The van der Waals surface area contributed by atoms with E-state index < -0.39 is 0 Å². The first-order chi connectivity index (χ1) is 9.04. The number of nitrogens with zero attached hydrogens (tertiary/aromatic N) is 2. The Morgan fingerprint density at radius 2 is 2.11 bits per heavy atom. The lowest BCUT2D eigenvalue weighted by atomic mass is 10.2. The van der Waals surface area contributed by atoms with Gasteiger partial charge in [0.05, 0.1) is 0 Å². The minimum Gasteiger partial charge on any atom is -0.508 e. The van der Waals surface area contributed by atoms with Crippen molar-refractivity contribution in [2.24, 2.45) is 5.92 Å². The summed E-state index contributed by atoms with van der Waals surface area (Å²) in [7, 11) is 0. The third-order valence-corrected chi connectivity index (χ3v) is 2.90. The van der Waals surface area contributed by atoms with Gasteiger partial charge in [-0.2, -0.15) is 5.10 Å². The smallest absolute Gasteiger partial charge is 0.148 e. The Morgan fingerprint density at radius 1 is 1.32 bits per heavy atom. The molecule has 0 aliphatic rings. The zero-order chi connectivity index (χ0) is 13.8. The summed E-state index contributed by atoms with van der Waals surface area (Å²) in [6, 6.07) is 9.29. The van der Waals surface area contributed by atoms with E-state index in [1.807, 2.05) is 22.9 Å². The van der Waals surface area contributed by atoms with Gasteiger partial charge in [-0.05, 0) is 30.5 Å². The number of phenolic OH excluding ortho intramolecular Hbond substituents is 1. The number of rotatable bonds is 5. The molecule has 1 aromatic carbocycles. The number of hydrogen-bond donors (Lipinski definition) is 2. The van der Waals surface area contributed by atoms with Crippen LogP contribution in [0.15, 0.2) is 30.3 Å². The van der Waals surface area contributed by atoms with Gasteiger partial charge in [0.2, 0.25) is 0 Å². The fraction of sp³-hybridized carbons (Fsp3) is 0.400. The SMILES string of the molecule is Cc1cc(NCc2cccc(O)c2)nn1CC(C)C. The lowest BCUT2D eigenvalue weighted by Crippen LogP contribution is -2.08. The zero-order valence-electron chi connectivity index (χ0n) is 11.7. The second-order valence-electron chi connectivity index (χ2n) is 5.27. The topological polar surface area (TPSA) is 50.1 Å². The maximum Gasteiger partial charge on any atom is 0.148 e. The van der Waals surface area contributed by atoms with Gasteiger partial charge in [0, 0.05) is 24.8 Å². The van der Waals surface area contributed by atoms with Crippen molar-refractivity contribution in [1.82, 2.24) is 9.78 Å². The molecule has 0 fully saturated rings. The fourth-order valence-corrected chi connectivity index (χ4v) is 1.99. The molecule has 0 unspecified atom stereocenters. The number of benzene rings is 1. The summed E-state index contributed by atoms with van der Waals surface area (Å²) >= 11 is 0. The second kappa shape index (κ2) is 5.78. The molecule has 1 heterocycles. The van der Waals surface area contributed by atoms with Gasteiger partial charge in [0.1, 0.15) is 11.6 Å². The first-order valence-corrected chi connectivity index (χ1v) is 6.61. The largest absolute Gasteiger partial charge is 0.508 e. The van der Waals surface area contributed by atoms with Crippen molar-refractivity contribution < 1.29 is 5.11 Å². The molecule has 1 aromatic heterocycles. The van der Waals surface area contributed by atoms with Crippen LogP contribution in [0.4, 0.5) is 5.82 Å². The highest BCUT2D eigenvalue weighted by Gasteiger charge is 2.05. The summed E-state index contributed by atoms with van der Waals surface area (Å²) in [6.45, 7) is 8.02. The number of aromatic nitrogens is 2. The molecule has 0 saturated carbocycles. The van der Waals surface area contributed by atoms with Crippen LogP contribution in [-0.4, -0.2) is 14.9 Å². The molecule has 0 saturated heterocycles. The summed E-state index contributed by atoms with van der Waals surface area (Å²) in [5.41, 5.74) is 2.20. The van der Waals surface area contributed by atoms with Gasteiger partial charge in [-0.25, -0.2) is 0 Å². The highest BCUT2D eigenvalue weighted by molar-refractivity contribution is 5.38. The molecule has 0 aliphatic heterocycles. The lowest BCUT2D eigenvalue weighted by molar-refractivity contribution is 0.474. The summed E-state index contributed by atoms with van der Waals surface area (Å²) in [6.07, 6.45) is 0. The van der Waals surface area contributed by atoms with E-state index in [1.165, 1.54) is 0 Å². The lowest BCUT2D eigenvalue weighted by Gasteiger charge is -2.07. The molecular formula is C15H21N3O. The monoisotopic (exact) mass is 259 g/mol. The number of anilines is 1. The van der Waals surface area contributed by atoms with E-state index in [0.29, 0.717) is 18.2 Å². The van der Waals surface area contributed by atoms with Crippen molar-refractivity contribution in [3.63, 3.8) is 0 Å². The second-order valence-corrected chi connectivity index (χ2v) is 5.27. The van der Waals surface area contributed by atoms with Crippen molar-refractivity contribution in [3.05, 3.63) is 41.6 Å². The van der Waals surface area contributed by atoms with Gasteiger partial charge in [0.15, 0.2) is 0 Å². The number of aryl methyl sites for hydroxylation is 1. The van der Waals surface area contributed by atoms with Crippen molar-refractivity contribution in [2.45, 2.75) is 33.9 Å². The molecule has 2 rings (SSSR count). The molecule has 4 nitrogen and oxygen atoms in total. The maximum absolute atomic E-state index is 9.41. The van der Waals surface area contributed by atoms with Gasteiger partial charge in [-0.3, -0.25) is 4.68 Å². The van der Waals surface area contributed by atoms with E-state index in [1.54, 1.807) is 12.1 Å². The molecule has 2 aromatic rings. The Kier molecular flexibility index (Phi) is 4.10. The maximum atomic E-state index is 9.41. The molecule has 0 aliphatic carbocycles. The van der Waals surface area contributed by atoms with Crippen LogP contribution in [0.2, 0.25) is 0 Å². The average Bonchev–Trinajstić information content (AvgIpc) is 2.67. The summed E-state index contributed by atoms with van der Waals surface area (Å²) in [5, 5.41) is 17.2. The standard InChI is InChI=1S/C15H21N3O/c1-11(2)10-18-12(3)7-15(17-18)16-9-13-5-4-6-14(19)8-13/h4-8,11,19H,9-10H2,1-3H3,(H,16,17). The van der Waals surface area contributed by atoms with Crippen LogP contribution >= 0.6 is 0 Å². The van der Waals surface area contributed by atoms with Crippen LogP contribution in [0.5, 0.6) is 5.75 Å². The van der Waals surface area contributed by atoms with Crippen LogP contribution in [-0.2, 0) is 13.1 Å². The minimum absolute atomic E-state index is 0.292. The molecule has 102 valence electrons. The van der Waals surface area contributed by atoms with Crippen LogP contribution < -0.4 is 5.32 Å². The first kappa shape index (κ1) is 13.5. The van der Waals surface area contributed by atoms with Gasteiger partial charge < -0.3 is 10.4 Å².